The van der Waals surface area contributed by atoms with E-state index in [9.17, 15) is 0 Å². The number of hydrogen-bond acceptors (Lipinski definition) is 1. The van der Waals surface area contributed by atoms with Gasteiger partial charge in [-0.1, -0.05) is 0 Å². The molecule has 1 nitrogen and oxygen atoms in total. The van der Waals surface area contributed by atoms with Gasteiger partial charge >= 0.3 is 73.1 Å². The molecule has 0 aromatic heterocycles. The zero-order chi connectivity index (χ0) is 8.64. The Balaban J connectivity index is 2.02. The molecule has 0 aromatic rings. The molecule has 0 aliphatic carbocycles. The van der Waals surface area contributed by atoms with E-state index in [4.69, 9.17) is 0 Å². The quantitative estimate of drug-likeness (QED) is 0.681. The normalized spacial score (nSPS) is 148. The minimum absolute atomic E-state index is 0.923. The van der Waals surface area contributed by atoms with Crippen molar-refractivity contribution in [3.05, 3.63) is 0 Å². The van der Waals surface area contributed by atoms with Crippen molar-refractivity contribution < 1.29 is 6.51 Å². The van der Waals surface area contributed by atoms with Gasteiger partial charge in [-0.3, -0.25) is 0 Å². The summed E-state index contributed by atoms with van der Waals surface area (Å²) in [6.45, 7) is 0.0130. The fourth-order valence-electron chi connectivity index (χ4n) is 18.4. The first-order chi connectivity index (χ1) is 6.50. The summed E-state index contributed by atoms with van der Waals surface area (Å²) >= 11 is 0. The van der Waals surface area contributed by atoms with Crippen LogP contribution in [0.4, 0.5) is 0 Å². The number of fused-ring (bicyclic) bond motifs is 10. The Morgan fingerprint density at radius 2 is 1.50 bits per heavy atom. The van der Waals surface area contributed by atoms with Crippen molar-refractivity contribution >= 4 is 0 Å². The molecule has 10 heterocycles. The van der Waals surface area contributed by atoms with E-state index in [0.29, 0.717) is 0 Å². The van der Waals surface area contributed by atoms with E-state index in [1.165, 1.54) is 38.5 Å². The Hall–Kier alpha value is 0.479. The van der Waals surface area contributed by atoms with Crippen LogP contribution in [0, 0.1) is 0 Å². The molecule has 10 aliphatic heterocycles. The molecule has 10 fully saturated rings. The predicted octanol–water partition coefficient (Wildman–Crippen LogP) is 2.89. The number of nitrogens with one attached hydrogen (secondary N) is 1. The zero-order valence-electron chi connectivity index (χ0n) is 8.47. The van der Waals surface area contributed by atoms with Crippen LogP contribution in [0.5, 0.6) is 0 Å². The summed E-state index contributed by atoms with van der Waals surface area (Å²) in [5.74, 6) is 0. The average molecular weight is 229 g/mol. The minimum atomic E-state index is -2.78. The number of rotatable bonds is 1. The van der Waals surface area contributed by atoms with Crippen molar-refractivity contribution in [2.75, 3.05) is 7.05 Å². The fraction of sp³-hybridized carbons (Fsp3) is 1.00. The molecule has 0 saturated carbocycles. The molecule has 14 heavy (non-hydrogen) atoms. The van der Waals surface area contributed by atoms with E-state index in [1.54, 1.807) is 0 Å². The SMILES string of the molecule is CN[C]12[CH]3[CH]4[CH]5[C]1(C)[Fe]45321678[CH]2[CH]1[CH]6[CH]7[CH]28. The van der Waals surface area contributed by atoms with Crippen LogP contribution >= 0.6 is 0 Å². The van der Waals surface area contributed by atoms with Crippen molar-refractivity contribution in [3.63, 3.8) is 0 Å². The molecule has 0 bridgehead atoms. The summed E-state index contributed by atoms with van der Waals surface area (Å²) in [7, 11) is 2.34. The Labute approximate surface area is 73.3 Å². The van der Waals surface area contributed by atoms with E-state index >= 15 is 0 Å². The van der Waals surface area contributed by atoms with Gasteiger partial charge in [-0.15, -0.1) is 0 Å². The Morgan fingerprint density at radius 1 is 0.929 bits per heavy atom. The molecule has 76 valence electrons. The van der Waals surface area contributed by atoms with Gasteiger partial charge in [0.15, 0.2) is 0 Å². The molecular weight excluding hydrogens is 214 g/mol. The van der Waals surface area contributed by atoms with E-state index in [-0.39, 0.29) is 0 Å². The maximum absolute atomic E-state index is 3.99. The van der Waals surface area contributed by atoms with Crippen LogP contribution < -0.4 is 5.32 Å². The third-order valence-corrected chi connectivity index (χ3v) is 60.2. The maximum atomic E-state index is 3.99. The summed E-state index contributed by atoms with van der Waals surface area (Å²) in [5.41, 5.74) is 0. The molecule has 10 saturated heterocycles. The molecule has 5 atom stereocenters. The summed E-state index contributed by atoms with van der Waals surface area (Å²) in [4.78, 5) is 11.7. The van der Waals surface area contributed by atoms with Crippen molar-refractivity contribution in [1.82, 2.24) is 5.32 Å². The molecule has 0 aromatic carbocycles. The van der Waals surface area contributed by atoms with Gasteiger partial charge in [0.2, 0.25) is 0 Å². The van der Waals surface area contributed by atoms with Gasteiger partial charge in [0.25, 0.3) is 0 Å². The molecule has 10 rings (SSSR count). The van der Waals surface area contributed by atoms with Gasteiger partial charge in [-0.05, 0) is 0 Å². The van der Waals surface area contributed by atoms with E-state index < -0.39 is 6.51 Å². The van der Waals surface area contributed by atoms with Crippen molar-refractivity contribution in [2.45, 2.75) is 54.2 Å². The molecule has 0 radical (unpaired) electrons. The molecule has 2 heteroatoms. The summed E-state index contributed by atoms with van der Waals surface area (Å²) in [6, 6.07) is 0. The molecule has 1 N–H and O–H groups in total. The molecule has 10 aliphatic rings. The number of hydrogen-bond donors (Lipinski definition) is 1. The van der Waals surface area contributed by atoms with E-state index in [1.807, 2.05) is 0 Å². The van der Waals surface area contributed by atoms with Crippen LogP contribution in [0.15, 0.2) is 0 Å². The summed E-state index contributed by atoms with van der Waals surface area (Å²) in [5, 5.41) is 3.99. The zero-order valence-corrected chi connectivity index (χ0v) is 9.58. The van der Waals surface area contributed by atoms with Gasteiger partial charge in [0, 0.05) is 0 Å². The van der Waals surface area contributed by atoms with Gasteiger partial charge in [0.1, 0.15) is 0 Å². The summed E-state index contributed by atoms with van der Waals surface area (Å²) in [6.07, 6.45) is 0. The summed E-state index contributed by atoms with van der Waals surface area (Å²) < 4.78 is 1.95. The van der Waals surface area contributed by atoms with Crippen LogP contribution in [-0.2, 0) is 6.51 Å². The second-order valence-electron chi connectivity index (χ2n) is 10.4. The molecular formula is C12H15FeN. The van der Waals surface area contributed by atoms with E-state index in [2.05, 4.69) is 19.3 Å². The van der Waals surface area contributed by atoms with Crippen LogP contribution in [0.25, 0.3) is 0 Å². The van der Waals surface area contributed by atoms with Crippen molar-refractivity contribution in [1.29, 1.82) is 0 Å². The van der Waals surface area contributed by atoms with Crippen molar-refractivity contribution in [2.24, 2.45) is 0 Å². The Kier molecular flexibility index (Phi) is 0.105. The van der Waals surface area contributed by atoms with Gasteiger partial charge < -0.3 is 0 Å². The van der Waals surface area contributed by atoms with Crippen LogP contribution in [-0.4, -0.2) is 11.5 Å². The second kappa shape index (κ2) is 0.309. The molecule has 5 unspecified atom stereocenters. The standard InChI is InChI=1S/C7H10N.C5H5.Fe/c1-6-4-3-5-7(6)8-2;1-2-4-5-3-1;/h3-5,8H,1-2H3;1-5H;. The van der Waals surface area contributed by atoms with Crippen LogP contribution in [0.2, 0.25) is 42.8 Å². The fourth-order valence-corrected chi connectivity index (χ4v) is 95.2. The molecule has 0 amide bonds. The third kappa shape index (κ3) is 0.0310. The second-order valence-corrected chi connectivity index (χ2v) is 33.8. The third-order valence-electron chi connectivity index (χ3n) is 16.0. The van der Waals surface area contributed by atoms with Gasteiger partial charge in [0.05, 0.1) is 0 Å². The first kappa shape index (κ1) is 4.77. The Bertz CT molecular complexity index is 887. The van der Waals surface area contributed by atoms with Crippen LogP contribution in [0.3, 0.4) is 0 Å². The predicted molar refractivity (Wildman–Crippen MR) is 50.2 cm³/mol. The first-order valence-electron chi connectivity index (χ1n) is 6.40. The average Bonchev–Trinajstić information content (AvgIpc) is 3.11. The van der Waals surface area contributed by atoms with Crippen molar-refractivity contribution in [3.8, 4) is 0 Å². The van der Waals surface area contributed by atoms with Gasteiger partial charge in [-0.2, -0.15) is 0 Å². The van der Waals surface area contributed by atoms with Crippen LogP contribution in [0.1, 0.15) is 6.92 Å². The van der Waals surface area contributed by atoms with Gasteiger partial charge in [-0.25, -0.2) is 0 Å². The molecule has 1 spiro atoms. The topological polar surface area (TPSA) is 12.0 Å². The first-order valence-corrected chi connectivity index (χ1v) is 12.6. The monoisotopic (exact) mass is 229 g/mol. The Morgan fingerprint density at radius 3 is 1.57 bits per heavy atom. The van der Waals surface area contributed by atoms with E-state index in [0.717, 1.165) is 8.75 Å².